The second-order valence-electron chi connectivity index (χ2n) is 4.12. The molecule has 1 unspecified atom stereocenters. The van der Waals surface area contributed by atoms with Crippen LogP contribution in [0.15, 0.2) is 23.1 Å². The van der Waals surface area contributed by atoms with E-state index >= 15 is 0 Å². The van der Waals surface area contributed by atoms with Gasteiger partial charge < -0.3 is 9.84 Å². The van der Waals surface area contributed by atoms with Crippen LogP contribution < -0.4 is 0 Å². The molecule has 0 aliphatic heterocycles. The van der Waals surface area contributed by atoms with E-state index in [0.717, 1.165) is 12.1 Å². The molecule has 0 saturated carbocycles. The first-order valence-electron chi connectivity index (χ1n) is 5.72. The summed E-state index contributed by atoms with van der Waals surface area (Å²) in [5.41, 5.74) is -0.768. The van der Waals surface area contributed by atoms with E-state index in [1.54, 1.807) is 13.8 Å². The van der Waals surface area contributed by atoms with Gasteiger partial charge in [0.15, 0.2) is 0 Å². The predicted molar refractivity (Wildman–Crippen MR) is 75.5 cm³/mol. The van der Waals surface area contributed by atoms with Gasteiger partial charge in [0.05, 0.1) is 17.2 Å². The van der Waals surface area contributed by atoms with Crippen molar-refractivity contribution in [2.75, 3.05) is 0 Å². The molecule has 0 aliphatic rings. The zero-order valence-electron chi connectivity index (χ0n) is 10.9. The summed E-state index contributed by atoms with van der Waals surface area (Å²) in [4.78, 5) is 21.8. The van der Waals surface area contributed by atoms with Crippen LogP contribution in [0.25, 0.3) is 0 Å². The first kappa shape index (κ1) is 20.7. The molecule has 0 fully saturated rings. The molecule has 1 aromatic carbocycles. The van der Waals surface area contributed by atoms with E-state index in [-0.39, 0.29) is 56.9 Å². The standard InChI is InChI=1S/C12H14O7S.K.H/c1-3-7(2)19-12(15)9-5-4-8(11(13)14)6-10(9)20(16,17)18;;/h4-7H,3H2,1-2H3,(H,13,14)(H,16,17,18);;. The number of hydrogen-bond acceptors (Lipinski definition) is 5. The van der Waals surface area contributed by atoms with E-state index in [1.807, 2.05) is 0 Å². The molecular weight excluding hydrogens is 327 g/mol. The molecule has 2 N–H and O–H groups in total. The van der Waals surface area contributed by atoms with E-state index in [0.29, 0.717) is 12.5 Å². The van der Waals surface area contributed by atoms with Gasteiger partial charge >= 0.3 is 63.3 Å². The fourth-order valence-electron chi connectivity index (χ4n) is 1.37. The van der Waals surface area contributed by atoms with Crippen LogP contribution in [0.3, 0.4) is 0 Å². The van der Waals surface area contributed by atoms with Crippen molar-refractivity contribution in [3.8, 4) is 0 Å². The first-order valence-corrected chi connectivity index (χ1v) is 7.16. The third-order valence-corrected chi connectivity index (χ3v) is 3.50. The molecule has 0 amide bonds. The molecular formula is C12H15KO7S. The van der Waals surface area contributed by atoms with Gasteiger partial charge in [0.25, 0.3) is 10.1 Å². The van der Waals surface area contributed by atoms with Crippen LogP contribution in [-0.4, -0.2) is 87.5 Å². The Morgan fingerprint density at radius 2 is 1.90 bits per heavy atom. The van der Waals surface area contributed by atoms with Gasteiger partial charge in [-0.3, -0.25) is 4.55 Å². The van der Waals surface area contributed by atoms with Crippen LogP contribution in [0.1, 0.15) is 41.0 Å². The number of carbonyl (C=O) groups excluding carboxylic acids is 1. The molecule has 112 valence electrons. The molecule has 0 aromatic heterocycles. The molecule has 1 aromatic rings. The number of rotatable bonds is 5. The Morgan fingerprint density at radius 1 is 1.33 bits per heavy atom. The van der Waals surface area contributed by atoms with E-state index in [4.69, 9.17) is 14.4 Å². The Hall–Kier alpha value is -0.294. The zero-order valence-corrected chi connectivity index (χ0v) is 11.7. The third kappa shape index (κ3) is 5.78. The fourth-order valence-corrected chi connectivity index (χ4v) is 2.07. The molecule has 0 bridgehead atoms. The molecule has 21 heavy (non-hydrogen) atoms. The average molecular weight is 342 g/mol. The molecule has 0 aliphatic carbocycles. The van der Waals surface area contributed by atoms with Crippen molar-refractivity contribution >= 4 is 73.4 Å². The van der Waals surface area contributed by atoms with E-state index in [9.17, 15) is 18.0 Å². The number of aromatic carboxylic acids is 1. The van der Waals surface area contributed by atoms with Gasteiger partial charge in [-0.15, -0.1) is 0 Å². The molecule has 7 nitrogen and oxygen atoms in total. The molecule has 1 atom stereocenters. The number of hydrogen-bond donors (Lipinski definition) is 2. The van der Waals surface area contributed by atoms with Crippen molar-refractivity contribution in [1.29, 1.82) is 0 Å². The van der Waals surface area contributed by atoms with E-state index < -0.39 is 38.6 Å². The minimum absolute atomic E-state index is 0. The molecule has 0 heterocycles. The Kier molecular flexibility index (Phi) is 8.25. The Bertz CT molecular complexity index is 639. The van der Waals surface area contributed by atoms with Crippen molar-refractivity contribution in [1.82, 2.24) is 0 Å². The Morgan fingerprint density at radius 3 is 2.33 bits per heavy atom. The summed E-state index contributed by atoms with van der Waals surface area (Å²) in [7, 11) is -4.74. The third-order valence-electron chi connectivity index (χ3n) is 2.61. The van der Waals surface area contributed by atoms with Crippen molar-refractivity contribution in [3.63, 3.8) is 0 Å². The van der Waals surface area contributed by atoms with Gasteiger partial charge in [-0.25, -0.2) is 9.59 Å². The molecule has 0 radical (unpaired) electrons. The Labute approximate surface area is 164 Å². The van der Waals surface area contributed by atoms with Gasteiger partial charge in [0.1, 0.15) is 4.90 Å². The van der Waals surface area contributed by atoms with Gasteiger partial charge in [-0.2, -0.15) is 8.42 Å². The maximum absolute atomic E-state index is 11.8. The van der Waals surface area contributed by atoms with Crippen LogP contribution in [-0.2, 0) is 14.9 Å². The number of ether oxygens (including phenoxy) is 1. The quantitative estimate of drug-likeness (QED) is 0.464. The van der Waals surface area contributed by atoms with Crippen LogP contribution in [0, 0.1) is 0 Å². The van der Waals surface area contributed by atoms with Crippen LogP contribution >= 0.6 is 0 Å². The summed E-state index contributed by atoms with van der Waals surface area (Å²) < 4.78 is 36.5. The van der Waals surface area contributed by atoms with Crippen molar-refractivity contribution in [3.05, 3.63) is 29.3 Å². The summed E-state index contributed by atoms with van der Waals surface area (Å²) in [6, 6.07) is 2.77. The SMILES string of the molecule is CCC(C)OC(=O)c1ccc(C(=O)O)cc1S(=O)(=O)O.[KH]. The predicted octanol–water partition coefficient (Wildman–Crippen LogP) is 0.938. The summed E-state index contributed by atoms with van der Waals surface area (Å²) in [6.45, 7) is 3.39. The van der Waals surface area contributed by atoms with Crippen molar-refractivity contribution < 1.29 is 32.4 Å². The minimum atomic E-state index is -4.74. The van der Waals surface area contributed by atoms with Crippen LogP contribution in [0.4, 0.5) is 0 Å². The number of carbonyl (C=O) groups is 2. The van der Waals surface area contributed by atoms with E-state index in [2.05, 4.69) is 0 Å². The number of carboxylic acid groups (broad SMARTS) is 1. The van der Waals surface area contributed by atoms with Crippen LogP contribution in [0.2, 0.25) is 0 Å². The second kappa shape index (κ2) is 8.37. The normalized spacial score (nSPS) is 12.1. The molecule has 0 saturated heterocycles. The molecule has 0 spiro atoms. The summed E-state index contributed by atoms with van der Waals surface area (Å²) in [5, 5.41) is 8.80. The van der Waals surface area contributed by atoms with Crippen LogP contribution in [0.5, 0.6) is 0 Å². The van der Waals surface area contributed by atoms with Crippen molar-refractivity contribution in [2.45, 2.75) is 31.3 Å². The number of carboxylic acids is 1. The Balaban J connectivity index is 0.00000400. The zero-order chi connectivity index (χ0) is 15.5. The maximum atomic E-state index is 11.8. The van der Waals surface area contributed by atoms with Gasteiger partial charge in [-0.1, -0.05) is 6.92 Å². The monoisotopic (exact) mass is 342 g/mol. The van der Waals surface area contributed by atoms with Gasteiger partial charge in [0.2, 0.25) is 0 Å². The molecule has 1 rings (SSSR count). The fraction of sp³-hybridized carbons (Fsp3) is 0.333. The summed E-state index contributed by atoms with van der Waals surface area (Å²) in [6.07, 6.45) is 0.0936. The number of benzene rings is 1. The first-order chi connectivity index (χ1) is 9.16. The molecule has 9 heteroatoms. The average Bonchev–Trinajstić information content (AvgIpc) is 2.36. The summed E-state index contributed by atoms with van der Waals surface area (Å²) in [5.74, 6) is -2.32. The van der Waals surface area contributed by atoms with Gasteiger partial charge in [0, 0.05) is 0 Å². The number of esters is 1. The van der Waals surface area contributed by atoms with Gasteiger partial charge in [-0.05, 0) is 31.5 Å². The topological polar surface area (TPSA) is 118 Å². The second-order valence-corrected chi connectivity index (χ2v) is 5.51. The summed E-state index contributed by atoms with van der Waals surface area (Å²) >= 11 is 0. The van der Waals surface area contributed by atoms with Crippen molar-refractivity contribution in [2.24, 2.45) is 0 Å². The van der Waals surface area contributed by atoms with E-state index in [1.165, 1.54) is 0 Å².